The van der Waals surface area contributed by atoms with Crippen LogP contribution in [0.25, 0.3) is 0 Å². The van der Waals surface area contributed by atoms with E-state index in [1.54, 1.807) is 0 Å². The second-order valence-electron chi connectivity index (χ2n) is 5.13. The molecule has 0 bridgehead atoms. The number of nitrogens with zero attached hydrogens (tertiary/aromatic N) is 1. The number of hydrogen-bond acceptors (Lipinski definition) is 4. The van der Waals surface area contributed by atoms with E-state index in [-0.39, 0.29) is 17.1 Å². The minimum Gasteiger partial charge on any atom is -0.269 e. The predicted octanol–water partition coefficient (Wildman–Crippen LogP) is 2.56. The number of rotatable bonds is 6. The highest BCUT2D eigenvalue weighted by Crippen LogP contribution is 2.22. The summed E-state index contributed by atoms with van der Waals surface area (Å²) in [5, 5.41) is 0. The van der Waals surface area contributed by atoms with Gasteiger partial charge >= 0.3 is 0 Å². The van der Waals surface area contributed by atoms with Crippen molar-refractivity contribution in [2.24, 2.45) is 0 Å². The van der Waals surface area contributed by atoms with Crippen molar-refractivity contribution >= 4 is 31.9 Å². The van der Waals surface area contributed by atoms with Crippen LogP contribution in [0.5, 0.6) is 0 Å². The van der Waals surface area contributed by atoms with E-state index in [0.29, 0.717) is 4.47 Å². The molecule has 8 heteroatoms. The van der Waals surface area contributed by atoms with E-state index < -0.39 is 15.9 Å². The summed E-state index contributed by atoms with van der Waals surface area (Å²) in [6, 6.07) is 13.6. The maximum Gasteiger partial charge on any atom is 0.276 e. The minimum atomic E-state index is -3.62. The lowest BCUT2D eigenvalue weighted by atomic mass is 10.2. The molecule has 0 aliphatic rings. The number of hydrogen-bond donors (Lipinski definition) is 1. The van der Waals surface area contributed by atoms with Crippen LogP contribution in [0.3, 0.4) is 0 Å². The molecule has 0 aliphatic heterocycles. The average Bonchev–Trinajstić information content (AvgIpc) is 2.55. The molecule has 2 rings (SSSR count). The van der Waals surface area contributed by atoms with Gasteiger partial charge < -0.3 is 0 Å². The van der Waals surface area contributed by atoms with Gasteiger partial charge in [-0.2, -0.15) is 0 Å². The molecule has 0 aromatic heterocycles. The zero-order valence-corrected chi connectivity index (χ0v) is 15.6. The summed E-state index contributed by atoms with van der Waals surface area (Å²) in [4.78, 5) is 17.4. The minimum absolute atomic E-state index is 0.0314. The van der Waals surface area contributed by atoms with Crippen molar-refractivity contribution in [3.63, 3.8) is 0 Å². The predicted molar refractivity (Wildman–Crippen MR) is 93.7 cm³/mol. The van der Waals surface area contributed by atoms with Crippen LogP contribution in [0.15, 0.2) is 57.9 Å². The number of halogens is 1. The van der Waals surface area contributed by atoms with Crippen molar-refractivity contribution in [2.45, 2.75) is 11.5 Å². The first-order valence-corrected chi connectivity index (χ1v) is 9.24. The lowest BCUT2D eigenvalue weighted by Crippen LogP contribution is -2.25. The zero-order chi connectivity index (χ0) is 17.7. The monoisotopic (exact) mass is 412 g/mol. The highest BCUT2D eigenvalue weighted by molar-refractivity contribution is 9.10. The maximum atomic E-state index is 12.2. The summed E-state index contributed by atoms with van der Waals surface area (Å²) in [6.45, 7) is 0.208. The zero-order valence-electron chi connectivity index (χ0n) is 13.2. The van der Waals surface area contributed by atoms with Gasteiger partial charge in [0.2, 0.25) is 10.0 Å². The fourth-order valence-corrected chi connectivity index (χ4v) is 3.22. The number of carbonyl (C=O) groups excluding carboxylic acids is 1. The number of amides is 1. The number of nitrogens with one attached hydrogen (secondary N) is 1. The van der Waals surface area contributed by atoms with Crippen molar-refractivity contribution in [3.05, 3.63) is 64.1 Å². The second kappa shape index (κ2) is 7.89. The van der Waals surface area contributed by atoms with E-state index in [0.717, 1.165) is 9.87 Å². The first-order valence-electron chi connectivity index (χ1n) is 7.00. The third kappa shape index (κ3) is 4.41. The quantitative estimate of drug-likeness (QED) is 0.739. The standard InChI is InChI=1S/C16H17BrN2O4S/c1-19(2)24(21,22)13-8-9-15(17)14(10-13)16(20)18-23-11-12-6-4-3-5-7-12/h3-10H,11H2,1-2H3,(H,18,20). The van der Waals surface area contributed by atoms with Gasteiger partial charge in [-0.05, 0) is 39.7 Å². The molecule has 0 radical (unpaired) electrons. The lowest BCUT2D eigenvalue weighted by Gasteiger charge is -2.13. The summed E-state index contributed by atoms with van der Waals surface area (Å²) in [6.07, 6.45) is 0. The summed E-state index contributed by atoms with van der Waals surface area (Å²) in [7, 11) is -0.760. The molecular formula is C16H17BrN2O4S. The summed E-state index contributed by atoms with van der Waals surface area (Å²) in [5.74, 6) is -0.534. The summed E-state index contributed by atoms with van der Waals surface area (Å²) in [5.41, 5.74) is 3.39. The first kappa shape index (κ1) is 18.6. The van der Waals surface area contributed by atoms with Crippen LogP contribution in [0, 0.1) is 0 Å². The molecule has 1 N–H and O–H groups in total. The summed E-state index contributed by atoms with van der Waals surface area (Å²) >= 11 is 3.25. The van der Waals surface area contributed by atoms with Crippen molar-refractivity contribution < 1.29 is 18.0 Å². The topological polar surface area (TPSA) is 75.7 Å². The normalized spacial score (nSPS) is 11.5. The fourth-order valence-electron chi connectivity index (χ4n) is 1.86. The van der Waals surface area contributed by atoms with Gasteiger partial charge in [0.15, 0.2) is 0 Å². The Hall–Kier alpha value is -1.74. The van der Waals surface area contributed by atoms with Crippen LogP contribution < -0.4 is 5.48 Å². The third-order valence-corrected chi connectivity index (χ3v) is 5.71. The number of carbonyl (C=O) groups is 1. The van der Waals surface area contributed by atoms with E-state index >= 15 is 0 Å². The van der Waals surface area contributed by atoms with E-state index in [1.165, 1.54) is 32.3 Å². The molecule has 1 amide bonds. The van der Waals surface area contributed by atoms with Gasteiger partial charge in [0.25, 0.3) is 5.91 Å². The van der Waals surface area contributed by atoms with Gasteiger partial charge in [0.1, 0.15) is 0 Å². The van der Waals surface area contributed by atoms with Crippen LogP contribution in [0.2, 0.25) is 0 Å². The molecule has 0 saturated heterocycles. The molecule has 0 aliphatic carbocycles. The molecule has 24 heavy (non-hydrogen) atoms. The second-order valence-corrected chi connectivity index (χ2v) is 8.14. The van der Waals surface area contributed by atoms with E-state index in [2.05, 4.69) is 21.4 Å². The first-order chi connectivity index (χ1) is 11.3. The fraction of sp³-hybridized carbons (Fsp3) is 0.188. The van der Waals surface area contributed by atoms with Crippen molar-refractivity contribution in [1.82, 2.24) is 9.79 Å². The molecule has 0 atom stereocenters. The third-order valence-electron chi connectivity index (χ3n) is 3.21. The molecule has 0 unspecified atom stereocenters. The molecule has 0 heterocycles. The Morgan fingerprint density at radius 2 is 1.83 bits per heavy atom. The smallest absolute Gasteiger partial charge is 0.269 e. The largest absolute Gasteiger partial charge is 0.276 e. The Kier molecular flexibility index (Phi) is 6.11. The van der Waals surface area contributed by atoms with Crippen LogP contribution in [0.4, 0.5) is 0 Å². The maximum absolute atomic E-state index is 12.2. The van der Waals surface area contributed by atoms with E-state index in [4.69, 9.17) is 4.84 Å². The SMILES string of the molecule is CN(C)S(=O)(=O)c1ccc(Br)c(C(=O)NOCc2ccccc2)c1. The molecule has 128 valence electrons. The van der Waals surface area contributed by atoms with Gasteiger partial charge in [-0.1, -0.05) is 30.3 Å². The van der Waals surface area contributed by atoms with E-state index in [1.807, 2.05) is 30.3 Å². The van der Waals surface area contributed by atoms with Crippen molar-refractivity contribution in [1.29, 1.82) is 0 Å². The van der Waals surface area contributed by atoms with E-state index in [9.17, 15) is 13.2 Å². The van der Waals surface area contributed by atoms with Gasteiger partial charge in [0.05, 0.1) is 17.1 Å². The molecule has 2 aromatic carbocycles. The molecule has 0 saturated carbocycles. The van der Waals surface area contributed by atoms with Gasteiger partial charge in [-0.25, -0.2) is 18.2 Å². The van der Waals surface area contributed by atoms with Crippen molar-refractivity contribution in [2.75, 3.05) is 14.1 Å². The Balaban J connectivity index is 2.11. The Labute approximate surface area is 149 Å². The molecule has 6 nitrogen and oxygen atoms in total. The number of benzene rings is 2. The van der Waals surface area contributed by atoms with Crippen LogP contribution >= 0.6 is 15.9 Å². The number of hydroxylamine groups is 1. The van der Waals surface area contributed by atoms with Gasteiger partial charge in [-0.15, -0.1) is 0 Å². The Bertz CT molecular complexity index is 823. The summed E-state index contributed by atoms with van der Waals surface area (Å²) < 4.78 is 25.9. The lowest BCUT2D eigenvalue weighted by molar-refractivity contribution is 0.0232. The highest BCUT2D eigenvalue weighted by Gasteiger charge is 2.20. The van der Waals surface area contributed by atoms with Gasteiger partial charge in [-0.3, -0.25) is 9.63 Å². The average molecular weight is 413 g/mol. The Morgan fingerprint density at radius 3 is 2.46 bits per heavy atom. The highest BCUT2D eigenvalue weighted by atomic mass is 79.9. The number of sulfonamides is 1. The Morgan fingerprint density at radius 1 is 1.17 bits per heavy atom. The van der Waals surface area contributed by atoms with Crippen LogP contribution in [0.1, 0.15) is 15.9 Å². The van der Waals surface area contributed by atoms with Crippen LogP contribution in [-0.4, -0.2) is 32.7 Å². The molecular weight excluding hydrogens is 396 g/mol. The van der Waals surface area contributed by atoms with Crippen LogP contribution in [-0.2, 0) is 21.5 Å². The molecule has 2 aromatic rings. The van der Waals surface area contributed by atoms with Crippen molar-refractivity contribution in [3.8, 4) is 0 Å². The molecule has 0 spiro atoms. The molecule has 0 fully saturated rings. The van der Waals surface area contributed by atoms with Gasteiger partial charge in [0, 0.05) is 18.6 Å².